The maximum Gasteiger partial charge on any atom is 0.253 e. The van der Waals surface area contributed by atoms with Gasteiger partial charge >= 0.3 is 0 Å². The number of amides is 1. The number of hydrogen-bond acceptors (Lipinski definition) is 4. The summed E-state index contributed by atoms with van der Waals surface area (Å²) in [5.41, 5.74) is 1.82. The molecule has 1 aliphatic heterocycles. The summed E-state index contributed by atoms with van der Waals surface area (Å²) in [6, 6.07) is 21.0. The molecule has 0 N–H and O–H groups in total. The lowest BCUT2D eigenvalue weighted by molar-refractivity contribution is 0.0629. The van der Waals surface area contributed by atoms with Gasteiger partial charge in [-0.05, 0) is 54.4 Å². The van der Waals surface area contributed by atoms with E-state index in [0.717, 1.165) is 19.6 Å². The smallest absolute Gasteiger partial charge is 0.253 e. The second-order valence-electron chi connectivity index (χ2n) is 8.85. The fourth-order valence-corrected chi connectivity index (χ4v) is 5.54. The van der Waals surface area contributed by atoms with Crippen molar-refractivity contribution in [1.29, 1.82) is 0 Å². The Bertz CT molecular complexity index is 1230. The van der Waals surface area contributed by atoms with Crippen LogP contribution in [-0.2, 0) is 16.6 Å². The number of hydrogen-bond donors (Lipinski definition) is 0. The van der Waals surface area contributed by atoms with Crippen LogP contribution in [0.1, 0.15) is 29.8 Å². The number of fused-ring (bicyclic) bond motifs is 1. The highest BCUT2D eigenvalue weighted by Crippen LogP contribution is 2.22. The molecule has 0 aromatic heterocycles. The van der Waals surface area contributed by atoms with Crippen LogP contribution in [0.3, 0.4) is 0 Å². The summed E-state index contributed by atoms with van der Waals surface area (Å²) in [4.78, 5) is 17.4. The molecule has 6 nitrogen and oxygen atoms in total. The molecule has 3 aromatic carbocycles. The molecule has 7 heteroatoms. The van der Waals surface area contributed by atoms with Gasteiger partial charge in [0, 0.05) is 51.4 Å². The van der Waals surface area contributed by atoms with Crippen LogP contribution in [0, 0.1) is 0 Å². The summed E-state index contributed by atoms with van der Waals surface area (Å²) in [7, 11) is -1.99. The Morgan fingerprint density at radius 2 is 1.55 bits per heavy atom. The van der Waals surface area contributed by atoms with Gasteiger partial charge in [-0.25, -0.2) is 8.42 Å². The average Bonchev–Trinajstić information content (AvgIpc) is 2.84. The standard InChI is InChI=1S/C26H31N3O3S/c1-20(2)27(3)33(31,32)24-13-11-22(12-14-24)26(30)29-17-15-28(16-18-29)19-23-9-6-8-21-7-4-5-10-25(21)23/h4-14,20H,15-19H2,1-3H3. The normalized spacial score (nSPS) is 15.5. The van der Waals surface area contributed by atoms with Crippen LogP contribution >= 0.6 is 0 Å². The van der Waals surface area contributed by atoms with Crippen molar-refractivity contribution in [3.63, 3.8) is 0 Å². The maximum atomic E-state index is 13.0. The summed E-state index contributed by atoms with van der Waals surface area (Å²) in [6.07, 6.45) is 0. The molecule has 4 rings (SSSR count). The molecule has 0 saturated carbocycles. The van der Waals surface area contributed by atoms with E-state index in [1.165, 1.54) is 32.8 Å². The van der Waals surface area contributed by atoms with Crippen molar-refractivity contribution in [2.24, 2.45) is 0 Å². The number of nitrogens with zero attached hydrogens (tertiary/aromatic N) is 3. The molecule has 0 radical (unpaired) electrons. The highest BCUT2D eigenvalue weighted by atomic mass is 32.2. The summed E-state index contributed by atoms with van der Waals surface area (Å²) in [5, 5.41) is 2.52. The summed E-state index contributed by atoms with van der Waals surface area (Å²) >= 11 is 0. The average molecular weight is 466 g/mol. The molecule has 0 atom stereocenters. The van der Waals surface area contributed by atoms with E-state index in [-0.39, 0.29) is 16.8 Å². The number of piperazine rings is 1. The van der Waals surface area contributed by atoms with E-state index in [2.05, 4.69) is 47.4 Å². The van der Waals surface area contributed by atoms with Crippen LogP contribution in [0.5, 0.6) is 0 Å². The molecule has 0 unspecified atom stereocenters. The van der Waals surface area contributed by atoms with Gasteiger partial charge in [0.1, 0.15) is 0 Å². The van der Waals surface area contributed by atoms with Crippen molar-refractivity contribution in [3.8, 4) is 0 Å². The van der Waals surface area contributed by atoms with Crippen molar-refractivity contribution in [3.05, 3.63) is 77.9 Å². The predicted molar refractivity (Wildman–Crippen MR) is 132 cm³/mol. The minimum Gasteiger partial charge on any atom is -0.336 e. The van der Waals surface area contributed by atoms with Gasteiger partial charge in [-0.1, -0.05) is 42.5 Å². The van der Waals surface area contributed by atoms with E-state index >= 15 is 0 Å². The zero-order valence-electron chi connectivity index (χ0n) is 19.4. The second kappa shape index (κ2) is 9.63. The van der Waals surface area contributed by atoms with Gasteiger partial charge in [-0.2, -0.15) is 4.31 Å². The van der Waals surface area contributed by atoms with Crippen LogP contribution in [0.2, 0.25) is 0 Å². The SMILES string of the molecule is CC(C)N(C)S(=O)(=O)c1ccc(C(=O)N2CCN(Cc3cccc4ccccc34)CC2)cc1. The number of carbonyl (C=O) groups excluding carboxylic acids is 1. The Morgan fingerprint density at radius 3 is 2.21 bits per heavy atom. The van der Waals surface area contributed by atoms with E-state index in [4.69, 9.17) is 0 Å². The van der Waals surface area contributed by atoms with Crippen molar-refractivity contribution in [2.75, 3.05) is 33.2 Å². The highest BCUT2D eigenvalue weighted by Gasteiger charge is 2.25. The third-order valence-electron chi connectivity index (χ3n) is 6.44. The quantitative estimate of drug-likeness (QED) is 0.555. The lowest BCUT2D eigenvalue weighted by Crippen LogP contribution is -2.48. The largest absolute Gasteiger partial charge is 0.336 e. The van der Waals surface area contributed by atoms with Crippen LogP contribution in [0.15, 0.2) is 71.6 Å². The first-order chi connectivity index (χ1) is 15.8. The summed E-state index contributed by atoms with van der Waals surface area (Å²) < 4.78 is 26.6. The van der Waals surface area contributed by atoms with Gasteiger partial charge < -0.3 is 4.90 Å². The first-order valence-corrected chi connectivity index (χ1v) is 12.8. The van der Waals surface area contributed by atoms with Gasteiger partial charge in [-0.15, -0.1) is 0 Å². The Hall–Kier alpha value is -2.74. The Morgan fingerprint density at radius 1 is 0.909 bits per heavy atom. The molecule has 1 heterocycles. The topological polar surface area (TPSA) is 60.9 Å². The van der Waals surface area contributed by atoms with Crippen molar-refractivity contribution in [2.45, 2.75) is 31.3 Å². The molecule has 174 valence electrons. The second-order valence-corrected chi connectivity index (χ2v) is 10.8. The summed E-state index contributed by atoms with van der Waals surface area (Å²) in [6.45, 7) is 7.44. The monoisotopic (exact) mass is 465 g/mol. The molecule has 1 amide bonds. The third kappa shape index (κ3) is 4.95. The zero-order chi connectivity index (χ0) is 23.6. The molecule has 33 heavy (non-hydrogen) atoms. The minimum atomic E-state index is -3.56. The molecular formula is C26H31N3O3S. The number of sulfonamides is 1. The first kappa shape index (κ1) is 23.4. The van der Waals surface area contributed by atoms with Gasteiger partial charge in [0.15, 0.2) is 0 Å². The Labute approximate surface area is 196 Å². The van der Waals surface area contributed by atoms with Crippen molar-refractivity contribution in [1.82, 2.24) is 14.1 Å². The van der Waals surface area contributed by atoms with Crippen LogP contribution in [0.4, 0.5) is 0 Å². The molecule has 3 aromatic rings. The molecule has 0 bridgehead atoms. The van der Waals surface area contributed by atoms with E-state index in [1.54, 1.807) is 19.2 Å². The van der Waals surface area contributed by atoms with Crippen molar-refractivity contribution < 1.29 is 13.2 Å². The van der Waals surface area contributed by atoms with Crippen LogP contribution in [-0.4, -0.2) is 67.7 Å². The predicted octanol–water partition coefficient (Wildman–Crippen LogP) is 3.83. The van der Waals surface area contributed by atoms with E-state index in [1.807, 2.05) is 18.7 Å². The van der Waals surface area contributed by atoms with E-state index < -0.39 is 10.0 Å². The van der Waals surface area contributed by atoms with Crippen LogP contribution in [0.25, 0.3) is 10.8 Å². The maximum absolute atomic E-state index is 13.0. The molecule has 1 saturated heterocycles. The van der Waals surface area contributed by atoms with Crippen LogP contribution < -0.4 is 0 Å². The number of carbonyl (C=O) groups is 1. The molecule has 1 aliphatic rings. The number of rotatable bonds is 6. The zero-order valence-corrected chi connectivity index (χ0v) is 20.3. The van der Waals surface area contributed by atoms with Gasteiger partial charge in [0.2, 0.25) is 10.0 Å². The van der Waals surface area contributed by atoms with Gasteiger partial charge in [0.05, 0.1) is 4.90 Å². The van der Waals surface area contributed by atoms with E-state index in [9.17, 15) is 13.2 Å². The van der Waals surface area contributed by atoms with E-state index in [0.29, 0.717) is 18.7 Å². The first-order valence-electron chi connectivity index (χ1n) is 11.3. The minimum absolute atomic E-state index is 0.0547. The fourth-order valence-electron chi connectivity index (χ4n) is 4.18. The lowest BCUT2D eigenvalue weighted by Gasteiger charge is -2.35. The molecular weight excluding hydrogens is 434 g/mol. The molecule has 0 spiro atoms. The fraction of sp³-hybridized carbons (Fsp3) is 0.346. The number of benzene rings is 3. The lowest BCUT2D eigenvalue weighted by atomic mass is 10.0. The van der Waals surface area contributed by atoms with Gasteiger partial charge in [-0.3, -0.25) is 9.69 Å². The highest BCUT2D eigenvalue weighted by molar-refractivity contribution is 7.89. The Balaban J connectivity index is 1.38. The van der Waals surface area contributed by atoms with Gasteiger partial charge in [0.25, 0.3) is 5.91 Å². The molecule has 0 aliphatic carbocycles. The third-order valence-corrected chi connectivity index (χ3v) is 8.49. The van der Waals surface area contributed by atoms with Crippen molar-refractivity contribution >= 4 is 26.7 Å². The molecule has 1 fully saturated rings. The Kier molecular flexibility index (Phi) is 6.83. The summed E-state index contributed by atoms with van der Waals surface area (Å²) in [5.74, 6) is -0.0547.